The summed E-state index contributed by atoms with van der Waals surface area (Å²) in [7, 11) is -1.39. The molecular formula is C30H35F5N4O4S. The summed E-state index contributed by atoms with van der Waals surface area (Å²) < 4.78 is 84.0. The lowest BCUT2D eigenvalue weighted by molar-refractivity contribution is -0.283. The highest BCUT2D eigenvalue weighted by Gasteiger charge is 2.57. The number of pyridine rings is 1. The molecule has 3 aliphatic rings. The second-order valence-corrected chi connectivity index (χ2v) is 15.1. The van der Waals surface area contributed by atoms with E-state index in [4.69, 9.17) is 9.47 Å². The highest BCUT2D eigenvalue weighted by atomic mass is 32.2. The standard InChI is InChI=1S/C30H35F5N4O4S/c1-16-5-4-10-36-24(16)27(29(41)6-8-30(34,35)9-7-29)44-15-21(40)25(26-22(44)14-42-28(2,3)43-26)39-13-20(37-38-39)17-11-18(31)23(33)19(32)12-17/h4-5,10-13,21-22,25-27,40-41,44H,6-9,14-15H2,1-3H3/t21-,22+,25+,26-,27+/m0/s1. The first-order chi connectivity index (χ1) is 20.7. The van der Waals surface area contributed by atoms with Crippen LogP contribution in [0.25, 0.3) is 11.3 Å². The second kappa shape index (κ2) is 11.3. The Kier molecular flexibility index (Phi) is 8.05. The van der Waals surface area contributed by atoms with Crippen LogP contribution in [0.5, 0.6) is 0 Å². The fraction of sp³-hybridized carbons (Fsp3) is 0.567. The zero-order chi connectivity index (χ0) is 31.6. The van der Waals surface area contributed by atoms with E-state index in [1.54, 1.807) is 26.1 Å². The van der Waals surface area contributed by atoms with Gasteiger partial charge >= 0.3 is 0 Å². The van der Waals surface area contributed by atoms with Crippen molar-refractivity contribution in [2.45, 2.75) is 92.5 Å². The topological polar surface area (TPSA) is 103 Å². The van der Waals surface area contributed by atoms with Gasteiger partial charge < -0.3 is 19.7 Å². The summed E-state index contributed by atoms with van der Waals surface area (Å²) in [5.74, 6) is -8.08. The van der Waals surface area contributed by atoms with E-state index in [2.05, 4.69) is 15.3 Å². The Bertz CT molecular complexity index is 1510. The number of nitrogens with zero attached hydrogens (tertiary/aromatic N) is 4. The Balaban J connectivity index is 1.39. The molecule has 2 aromatic heterocycles. The first kappa shape index (κ1) is 31.3. The van der Waals surface area contributed by atoms with Crippen molar-refractivity contribution in [1.29, 1.82) is 0 Å². The van der Waals surface area contributed by atoms with Gasteiger partial charge in [-0.05, 0) is 57.4 Å². The molecule has 1 saturated carbocycles. The Hall–Kier alpha value is -2.65. The van der Waals surface area contributed by atoms with E-state index >= 15 is 0 Å². The van der Waals surface area contributed by atoms with Crippen molar-refractivity contribution in [2.24, 2.45) is 0 Å². The number of alkyl halides is 2. The highest BCUT2D eigenvalue weighted by Crippen LogP contribution is 2.62. The summed E-state index contributed by atoms with van der Waals surface area (Å²) >= 11 is 0. The number of aromatic nitrogens is 4. The first-order valence-corrected chi connectivity index (χ1v) is 16.2. The Labute approximate surface area is 253 Å². The fourth-order valence-electron chi connectivity index (χ4n) is 6.79. The number of benzene rings is 1. The van der Waals surface area contributed by atoms with Gasteiger partial charge in [-0.1, -0.05) is 11.3 Å². The Morgan fingerprint density at radius 2 is 1.77 bits per heavy atom. The molecule has 1 unspecified atom stereocenters. The van der Waals surface area contributed by atoms with E-state index in [9.17, 15) is 32.2 Å². The van der Waals surface area contributed by atoms with Crippen LogP contribution in [-0.4, -0.2) is 77.3 Å². The van der Waals surface area contributed by atoms with Crippen molar-refractivity contribution in [3.05, 3.63) is 65.4 Å². The maximum Gasteiger partial charge on any atom is 0.248 e. The van der Waals surface area contributed by atoms with E-state index < -0.39 is 82.0 Å². The number of fused-ring (bicyclic) bond motifs is 1. The molecule has 0 bridgehead atoms. The molecule has 3 aromatic rings. The van der Waals surface area contributed by atoms with E-state index in [0.717, 1.165) is 17.7 Å². The number of hydrogen-bond acceptors (Lipinski definition) is 7. The maximum absolute atomic E-state index is 14.3. The molecule has 8 nitrogen and oxygen atoms in total. The molecule has 0 radical (unpaired) electrons. The third-order valence-corrected chi connectivity index (χ3v) is 12.5. The summed E-state index contributed by atoms with van der Waals surface area (Å²) in [5.41, 5.74) is -0.0639. The number of rotatable bonds is 5. The third kappa shape index (κ3) is 5.75. The molecule has 6 atom stereocenters. The van der Waals surface area contributed by atoms with Gasteiger partial charge in [0.25, 0.3) is 0 Å². The second-order valence-electron chi connectivity index (χ2n) is 12.5. The normalized spacial score (nSPS) is 30.8. The van der Waals surface area contributed by atoms with E-state index in [1.165, 1.54) is 10.9 Å². The van der Waals surface area contributed by atoms with Crippen LogP contribution in [-0.2, 0) is 9.47 Å². The van der Waals surface area contributed by atoms with Gasteiger partial charge in [-0.25, -0.2) is 37.5 Å². The summed E-state index contributed by atoms with van der Waals surface area (Å²) in [6.07, 6.45) is 0.0512. The van der Waals surface area contributed by atoms with Gasteiger partial charge in [-0.2, -0.15) is 0 Å². The van der Waals surface area contributed by atoms with Crippen molar-refractivity contribution in [2.75, 3.05) is 12.4 Å². The van der Waals surface area contributed by atoms with Crippen LogP contribution in [0, 0.1) is 24.4 Å². The molecule has 240 valence electrons. The zero-order valence-corrected chi connectivity index (χ0v) is 25.3. The molecule has 2 aliphatic heterocycles. The number of hydrogen-bond donors (Lipinski definition) is 3. The van der Waals surface area contributed by atoms with Crippen LogP contribution in [0.15, 0.2) is 36.7 Å². The predicted octanol–water partition coefficient (Wildman–Crippen LogP) is 5.18. The van der Waals surface area contributed by atoms with Crippen molar-refractivity contribution >= 4 is 10.9 Å². The summed E-state index contributed by atoms with van der Waals surface area (Å²) in [6.45, 7) is 5.54. The molecule has 2 N–H and O–H groups in total. The average Bonchev–Trinajstić information content (AvgIpc) is 3.43. The van der Waals surface area contributed by atoms with Crippen molar-refractivity contribution in [1.82, 2.24) is 20.0 Å². The minimum atomic E-state index is -2.87. The molecule has 2 saturated heterocycles. The quantitative estimate of drug-likeness (QED) is 0.200. The summed E-state index contributed by atoms with van der Waals surface area (Å²) in [5, 5.41) is 31.0. The molecule has 0 amide bonds. The molecule has 1 aromatic carbocycles. The average molecular weight is 643 g/mol. The Morgan fingerprint density at radius 1 is 1.09 bits per heavy atom. The van der Waals surface area contributed by atoms with Gasteiger partial charge in [0.15, 0.2) is 23.2 Å². The molecule has 6 rings (SSSR count). The maximum atomic E-state index is 14.3. The van der Waals surface area contributed by atoms with Crippen LogP contribution >= 0.6 is 10.9 Å². The van der Waals surface area contributed by atoms with Gasteiger partial charge in [-0.3, -0.25) is 4.98 Å². The molecule has 44 heavy (non-hydrogen) atoms. The minimum Gasteiger partial charge on any atom is -0.390 e. The number of aliphatic hydroxyl groups excluding tert-OH is 1. The van der Waals surface area contributed by atoms with Crippen LogP contribution in [0.3, 0.4) is 0 Å². The lowest BCUT2D eigenvalue weighted by Gasteiger charge is -2.57. The van der Waals surface area contributed by atoms with Crippen molar-refractivity contribution < 1.29 is 41.6 Å². The van der Waals surface area contributed by atoms with Gasteiger partial charge in [0.1, 0.15) is 11.7 Å². The van der Waals surface area contributed by atoms with Crippen molar-refractivity contribution in [3.63, 3.8) is 0 Å². The minimum absolute atomic E-state index is 0.0352. The number of aryl methyl sites for hydroxylation is 1. The smallest absolute Gasteiger partial charge is 0.248 e. The van der Waals surface area contributed by atoms with Gasteiger partial charge in [0, 0.05) is 35.6 Å². The zero-order valence-electron chi connectivity index (χ0n) is 24.4. The molecule has 4 heterocycles. The lowest BCUT2D eigenvalue weighted by Crippen LogP contribution is -2.59. The highest BCUT2D eigenvalue weighted by molar-refractivity contribution is 8.18. The summed E-state index contributed by atoms with van der Waals surface area (Å²) in [4.78, 5) is 4.63. The molecule has 14 heteroatoms. The third-order valence-electron chi connectivity index (χ3n) is 9.05. The molecule has 1 aliphatic carbocycles. The van der Waals surface area contributed by atoms with Crippen molar-refractivity contribution in [3.8, 4) is 11.3 Å². The molecular weight excluding hydrogens is 607 g/mol. The summed E-state index contributed by atoms with van der Waals surface area (Å²) in [6, 6.07) is 4.45. The largest absolute Gasteiger partial charge is 0.390 e. The van der Waals surface area contributed by atoms with E-state index in [-0.39, 0.29) is 41.7 Å². The van der Waals surface area contributed by atoms with Crippen LogP contribution in [0.1, 0.15) is 62.1 Å². The SMILES string of the molecule is Cc1cccnc1[C@@H]([SH]1C[C@H](O)[C@@H](n2cc(-c3cc(F)c(F)c(F)c3)nn2)[C@H]2OC(C)(C)OC[C@H]21)C1(O)CCC(F)(F)CC1. The molecule has 3 fully saturated rings. The molecule has 0 spiro atoms. The Morgan fingerprint density at radius 3 is 2.43 bits per heavy atom. The van der Waals surface area contributed by atoms with Gasteiger partial charge in [0.05, 0.1) is 41.6 Å². The first-order valence-electron chi connectivity index (χ1n) is 14.5. The van der Waals surface area contributed by atoms with Gasteiger partial charge in [0.2, 0.25) is 5.92 Å². The van der Waals surface area contributed by atoms with E-state index in [0.29, 0.717) is 5.69 Å². The number of ether oxygens (including phenoxy) is 2. The van der Waals surface area contributed by atoms with Crippen LogP contribution < -0.4 is 0 Å². The van der Waals surface area contributed by atoms with Gasteiger partial charge in [-0.15, -0.1) is 5.10 Å². The fourth-order valence-corrected chi connectivity index (χ4v) is 10.6. The number of halogens is 5. The lowest BCUT2D eigenvalue weighted by atomic mass is 9.79. The number of aliphatic hydroxyl groups is 2. The predicted molar refractivity (Wildman–Crippen MR) is 153 cm³/mol. The monoisotopic (exact) mass is 642 g/mol. The van der Waals surface area contributed by atoms with E-state index in [1.807, 2.05) is 13.0 Å². The van der Waals surface area contributed by atoms with Crippen LogP contribution in [0.4, 0.5) is 22.0 Å². The van der Waals surface area contributed by atoms with Crippen LogP contribution in [0.2, 0.25) is 0 Å². The number of thiol groups is 1.